The minimum atomic E-state index is 1.28. The molecule has 0 saturated heterocycles. The molecular weight excluding hydrogens is 72.1 g/mol. The van der Waals surface area contributed by atoms with Gasteiger partial charge in [0.05, 0.1) is 0 Å². The fourth-order valence-electron chi connectivity index (χ4n) is 0.102. The van der Waals surface area contributed by atoms with Crippen molar-refractivity contribution in [1.29, 1.82) is 0 Å². The van der Waals surface area contributed by atoms with Crippen LogP contribution in [0.25, 0.3) is 0 Å². The first-order valence-electron chi connectivity index (χ1n) is 2.55. The molecule has 6 heavy (non-hydrogen) atoms. The zero-order chi connectivity index (χ0) is 4.99. The Morgan fingerprint density at radius 1 is 1.50 bits per heavy atom. The van der Waals surface area contributed by atoms with Gasteiger partial charge in [-0.25, -0.2) is 0 Å². The first kappa shape index (κ1) is 5.74. The molecule has 1 aliphatic carbocycles. The van der Waals surface area contributed by atoms with Gasteiger partial charge in [0.15, 0.2) is 0 Å². The summed E-state index contributed by atoms with van der Waals surface area (Å²) in [6.45, 7) is 6.14. The third-order valence-corrected chi connectivity index (χ3v) is 0.612. The van der Waals surface area contributed by atoms with E-state index in [0.717, 1.165) is 0 Å². The Kier molecular flexibility index (Phi) is 2.82. The van der Waals surface area contributed by atoms with Gasteiger partial charge in [-0.05, 0) is 13.3 Å². The molecule has 0 aliphatic heterocycles. The van der Waals surface area contributed by atoms with Gasteiger partial charge in [0.2, 0.25) is 0 Å². The molecule has 0 saturated carbocycles. The second kappa shape index (κ2) is 2.95. The Bertz CT molecular complexity index is 51.1. The molecule has 0 nitrogen and oxygen atoms in total. The van der Waals surface area contributed by atoms with Crippen LogP contribution in [0.1, 0.15) is 27.2 Å². The number of hydrogen-bond acceptors (Lipinski definition) is 0. The summed E-state index contributed by atoms with van der Waals surface area (Å²) in [6, 6.07) is 0. The van der Waals surface area contributed by atoms with Gasteiger partial charge < -0.3 is 0 Å². The average Bonchev–Trinajstić information content (AvgIpc) is 2.30. The highest BCUT2D eigenvalue weighted by Crippen LogP contribution is 2.14. The highest BCUT2D eigenvalue weighted by atomic mass is 14.0. The van der Waals surface area contributed by atoms with Crippen LogP contribution in [0.4, 0.5) is 0 Å². The molecule has 0 aromatic heterocycles. The van der Waals surface area contributed by atoms with Crippen molar-refractivity contribution in [2.75, 3.05) is 0 Å². The lowest BCUT2D eigenvalue weighted by Gasteiger charge is -1.47. The SMILES string of the molecule is CC.CC1=CC1. The van der Waals surface area contributed by atoms with Crippen molar-refractivity contribution in [2.45, 2.75) is 27.2 Å². The molecule has 0 aromatic carbocycles. The monoisotopic (exact) mass is 84.1 g/mol. The molecule has 0 radical (unpaired) electrons. The van der Waals surface area contributed by atoms with Gasteiger partial charge in [0.1, 0.15) is 0 Å². The summed E-state index contributed by atoms with van der Waals surface area (Å²) in [5, 5.41) is 0. The summed E-state index contributed by atoms with van der Waals surface area (Å²) in [5.41, 5.74) is 1.54. The maximum atomic E-state index is 2.21. The van der Waals surface area contributed by atoms with Gasteiger partial charge in [-0.1, -0.05) is 25.5 Å². The lowest BCUT2D eigenvalue weighted by molar-refractivity contribution is 1.48. The fraction of sp³-hybridized carbons (Fsp3) is 0.667. The van der Waals surface area contributed by atoms with E-state index in [0.29, 0.717) is 0 Å². The summed E-state index contributed by atoms with van der Waals surface area (Å²) >= 11 is 0. The van der Waals surface area contributed by atoms with Crippen molar-refractivity contribution in [1.82, 2.24) is 0 Å². The van der Waals surface area contributed by atoms with E-state index in [1.54, 1.807) is 5.57 Å². The summed E-state index contributed by atoms with van der Waals surface area (Å²) in [7, 11) is 0. The van der Waals surface area contributed by atoms with Gasteiger partial charge in [-0.3, -0.25) is 0 Å². The maximum absolute atomic E-state index is 2.21. The van der Waals surface area contributed by atoms with Crippen LogP contribution in [-0.4, -0.2) is 0 Å². The molecular formula is C6H12. The second-order valence-corrected chi connectivity index (χ2v) is 1.25. The van der Waals surface area contributed by atoms with Crippen LogP contribution in [0.3, 0.4) is 0 Å². The summed E-state index contributed by atoms with van der Waals surface area (Å²) in [5.74, 6) is 0. The highest BCUT2D eigenvalue weighted by Gasteiger charge is 1.94. The molecule has 0 heterocycles. The first-order valence-corrected chi connectivity index (χ1v) is 2.55. The molecule has 0 N–H and O–H groups in total. The van der Waals surface area contributed by atoms with E-state index in [1.807, 2.05) is 13.8 Å². The molecule has 0 spiro atoms. The Hall–Kier alpha value is -0.260. The predicted octanol–water partition coefficient (Wildman–Crippen LogP) is 2.36. The van der Waals surface area contributed by atoms with Gasteiger partial charge >= 0.3 is 0 Å². The quantitative estimate of drug-likeness (QED) is 0.395. The van der Waals surface area contributed by atoms with E-state index >= 15 is 0 Å². The van der Waals surface area contributed by atoms with E-state index in [9.17, 15) is 0 Å². The zero-order valence-corrected chi connectivity index (χ0v) is 4.78. The van der Waals surface area contributed by atoms with E-state index in [4.69, 9.17) is 0 Å². The fourth-order valence-corrected chi connectivity index (χ4v) is 0.102. The van der Waals surface area contributed by atoms with Crippen LogP contribution in [0.2, 0.25) is 0 Å². The standard InChI is InChI=1S/C4H6.C2H6/c1-4-2-3-4;1-2/h2H,3H2,1H3;1-2H3. The van der Waals surface area contributed by atoms with Crippen molar-refractivity contribution in [2.24, 2.45) is 0 Å². The van der Waals surface area contributed by atoms with Crippen molar-refractivity contribution in [3.63, 3.8) is 0 Å². The largest absolute Gasteiger partial charge is 0.0812 e. The van der Waals surface area contributed by atoms with Gasteiger partial charge in [-0.15, -0.1) is 0 Å². The van der Waals surface area contributed by atoms with Crippen molar-refractivity contribution >= 4 is 0 Å². The minimum Gasteiger partial charge on any atom is -0.0812 e. The molecule has 0 amide bonds. The van der Waals surface area contributed by atoms with E-state index in [2.05, 4.69) is 13.0 Å². The third-order valence-electron chi connectivity index (χ3n) is 0.612. The maximum Gasteiger partial charge on any atom is -0.0139 e. The second-order valence-electron chi connectivity index (χ2n) is 1.25. The Morgan fingerprint density at radius 2 is 1.67 bits per heavy atom. The van der Waals surface area contributed by atoms with E-state index in [-0.39, 0.29) is 0 Å². The van der Waals surface area contributed by atoms with Crippen molar-refractivity contribution in [3.05, 3.63) is 11.6 Å². The minimum absolute atomic E-state index is 1.28. The molecule has 0 heteroatoms. The van der Waals surface area contributed by atoms with Crippen LogP contribution < -0.4 is 0 Å². The van der Waals surface area contributed by atoms with Crippen molar-refractivity contribution in [3.8, 4) is 0 Å². The smallest absolute Gasteiger partial charge is 0.0139 e. The topological polar surface area (TPSA) is 0 Å². The number of hydrogen-bond donors (Lipinski definition) is 0. The summed E-state index contributed by atoms with van der Waals surface area (Å²) in [4.78, 5) is 0. The third kappa shape index (κ3) is 3.74. The Morgan fingerprint density at radius 3 is 1.67 bits per heavy atom. The molecule has 0 fully saturated rings. The first-order chi connectivity index (χ1) is 2.89. The van der Waals surface area contributed by atoms with Gasteiger partial charge in [0.25, 0.3) is 0 Å². The zero-order valence-electron chi connectivity index (χ0n) is 4.78. The van der Waals surface area contributed by atoms with Crippen LogP contribution >= 0.6 is 0 Å². The lowest BCUT2D eigenvalue weighted by Crippen LogP contribution is -1.26. The van der Waals surface area contributed by atoms with Crippen molar-refractivity contribution < 1.29 is 0 Å². The number of rotatable bonds is 0. The lowest BCUT2D eigenvalue weighted by atomic mass is 10.6. The molecule has 36 valence electrons. The van der Waals surface area contributed by atoms with Crippen LogP contribution in [0.15, 0.2) is 11.6 Å². The average molecular weight is 84.2 g/mol. The molecule has 0 aromatic rings. The van der Waals surface area contributed by atoms with Crippen LogP contribution in [-0.2, 0) is 0 Å². The molecule has 0 atom stereocenters. The molecule has 1 rings (SSSR count). The summed E-state index contributed by atoms with van der Waals surface area (Å²) < 4.78 is 0. The molecule has 0 bridgehead atoms. The molecule has 1 aliphatic rings. The normalized spacial score (nSPS) is 14.2. The Balaban J connectivity index is 0.000000112. The number of allylic oxidation sites excluding steroid dienone is 2. The van der Waals surface area contributed by atoms with Gasteiger partial charge in [-0.2, -0.15) is 0 Å². The van der Waals surface area contributed by atoms with Gasteiger partial charge in [0, 0.05) is 0 Å². The van der Waals surface area contributed by atoms with E-state index in [1.165, 1.54) is 6.42 Å². The van der Waals surface area contributed by atoms with E-state index < -0.39 is 0 Å². The van der Waals surface area contributed by atoms with Crippen LogP contribution in [0, 0.1) is 0 Å². The van der Waals surface area contributed by atoms with Crippen LogP contribution in [0.5, 0.6) is 0 Å². The predicted molar refractivity (Wildman–Crippen MR) is 29.7 cm³/mol. The molecule has 0 unspecified atom stereocenters. The Labute approximate surface area is 39.9 Å². The summed E-state index contributed by atoms with van der Waals surface area (Å²) in [6.07, 6.45) is 3.49. The highest BCUT2D eigenvalue weighted by molar-refractivity contribution is 5.17.